The van der Waals surface area contributed by atoms with E-state index in [0.717, 1.165) is 124 Å². The molecule has 57 heavy (non-hydrogen) atoms. The first kappa shape index (κ1) is 37.6. The van der Waals surface area contributed by atoms with Crippen LogP contribution >= 0.6 is 22.9 Å². The second-order valence-electron chi connectivity index (χ2n) is 16.3. The van der Waals surface area contributed by atoms with Crippen molar-refractivity contribution in [3.05, 3.63) is 81.0 Å². The quantitative estimate of drug-likeness (QED) is 0.262. The molecular weight excluding hydrogens is 764 g/mol. The van der Waals surface area contributed by atoms with E-state index in [1.165, 1.54) is 0 Å². The molecule has 0 radical (unpaired) electrons. The van der Waals surface area contributed by atoms with Crippen LogP contribution in [0, 0.1) is 12.0 Å². The standard InChI is InChI=1S/C42H45ClN8O5S/c1-44-33-5-3-29(25-32(33)43)50-19-14-42(26-50)12-17-49(18-13-42)41(56)35-7-9-37(57-35)48-22-20-47(21-23-48)27-10-15-46(16-11-27)28-2-4-30-31(24-28)40(55)51(39(30)54)34-6-8-36(52)45-38(34)53/h2-5,7,9,24-25,27,34H,6,8,10-23,26H2,(H,45,52,53). The lowest BCUT2D eigenvalue weighted by atomic mass is 9.77. The Morgan fingerprint density at radius 1 is 0.772 bits per heavy atom. The molecule has 7 heterocycles. The first-order valence-electron chi connectivity index (χ1n) is 20.0. The lowest BCUT2D eigenvalue weighted by Gasteiger charge is -2.43. The number of hydrogen-bond acceptors (Lipinski definition) is 10. The number of benzene rings is 2. The normalized spacial score (nSPS) is 23.0. The summed E-state index contributed by atoms with van der Waals surface area (Å²) in [5.74, 6) is -1.82. The Balaban J connectivity index is 0.737. The van der Waals surface area contributed by atoms with Crippen LogP contribution in [-0.4, -0.2) is 122 Å². The Hall–Kier alpha value is -4.97. The van der Waals surface area contributed by atoms with E-state index in [4.69, 9.17) is 18.2 Å². The molecule has 9 rings (SSSR count). The van der Waals surface area contributed by atoms with E-state index in [1.807, 2.05) is 29.2 Å². The number of imide groups is 2. The van der Waals surface area contributed by atoms with Crippen molar-refractivity contribution in [3.8, 4) is 0 Å². The predicted molar refractivity (Wildman–Crippen MR) is 219 cm³/mol. The predicted octanol–water partition coefficient (Wildman–Crippen LogP) is 5.28. The monoisotopic (exact) mass is 808 g/mol. The number of piperidine rings is 3. The smallest absolute Gasteiger partial charge is 0.263 e. The van der Waals surface area contributed by atoms with Crippen molar-refractivity contribution in [1.29, 1.82) is 0 Å². The van der Waals surface area contributed by atoms with Crippen LogP contribution in [0.15, 0.2) is 48.5 Å². The van der Waals surface area contributed by atoms with Crippen LogP contribution in [0.1, 0.15) is 75.3 Å². The first-order chi connectivity index (χ1) is 27.6. The minimum atomic E-state index is -0.970. The van der Waals surface area contributed by atoms with Crippen molar-refractivity contribution < 1.29 is 24.0 Å². The first-order valence-corrected chi connectivity index (χ1v) is 21.2. The minimum absolute atomic E-state index is 0.0944. The van der Waals surface area contributed by atoms with Gasteiger partial charge in [-0.2, -0.15) is 0 Å². The minimum Gasteiger partial charge on any atom is -0.371 e. The molecule has 13 nitrogen and oxygen atoms in total. The van der Waals surface area contributed by atoms with Crippen molar-refractivity contribution >= 4 is 74.5 Å². The lowest BCUT2D eigenvalue weighted by molar-refractivity contribution is -0.136. The summed E-state index contributed by atoms with van der Waals surface area (Å²) in [7, 11) is 0. The summed E-state index contributed by atoms with van der Waals surface area (Å²) in [5, 5.41) is 3.90. The van der Waals surface area contributed by atoms with Gasteiger partial charge in [0.2, 0.25) is 17.5 Å². The fraction of sp³-hybridized carbons (Fsp3) is 0.476. The number of halogens is 1. The maximum atomic E-state index is 13.7. The van der Waals surface area contributed by atoms with Gasteiger partial charge in [0.25, 0.3) is 17.7 Å². The second-order valence-corrected chi connectivity index (χ2v) is 17.7. The Morgan fingerprint density at radius 3 is 2.19 bits per heavy atom. The van der Waals surface area contributed by atoms with Crippen molar-refractivity contribution in [2.24, 2.45) is 5.41 Å². The highest BCUT2D eigenvalue weighted by Crippen LogP contribution is 2.43. The molecule has 2 aromatic carbocycles. The van der Waals surface area contributed by atoms with Gasteiger partial charge in [-0.15, -0.1) is 11.3 Å². The fourth-order valence-corrected chi connectivity index (χ4v) is 11.0. The number of nitrogens with one attached hydrogen (secondary N) is 1. The van der Waals surface area contributed by atoms with E-state index >= 15 is 0 Å². The van der Waals surface area contributed by atoms with Crippen molar-refractivity contribution in [2.75, 3.05) is 80.1 Å². The fourth-order valence-electron chi connectivity index (χ4n) is 9.75. The van der Waals surface area contributed by atoms with Gasteiger partial charge in [0.05, 0.1) is 27.6 Å². The molecule has 15 heteroatoms. The number of fused-ring (bicyclic) bond motifs is 1. The summed E-state index contributed by atoms with van der Waals surface area (Å²) in [6.45, 7) is 16.1. The molecule has 6 aliphatic heterocycles. The topological polar surface area (TPSA) is 121 Å². The maximum absolute atomic E-state index is 13.7. The van der Waals surface area contributed by atoms with Gasteiger partial charge < -0.3 is 19.6 Å². The van der Waals surface area contributed by atoms with E-state index in [1.54, 1.807) is 29.5 Å². The molecule has 0 aliphatic carbocycles. The molecule has 6 aliphatic rings. The SMILES string of the molecule is [C-]#[N+]c1ccc(N2CCC3(CCN(C(=O)c4ccc(N5CCN(C6CCN(c7ccc8c(c7)C(=O)N(C7CCC(=O)NC7=O)C8=O)CC6)CC5)s4)CC3)C2)cc1Cl. The molecular formula is C42H45ClN8O5S. The zero-order valence-corrected chi connectivity index (χ0v) is 33.3. The third-order valence-electron chi connectivity index (χ3n) is 13.2. The number of piperazine rings is 1. The van der Waals surface area contributed by atoms with Crippen LogP contribution in [0.3, 0.4) is 0 Å². The average Bonchev–Trinajstić information content (AvgIpc) is 3.95. The number of nitrogens with zero attached hydrogens (tertiary/aromatic N) is 7. The van der Waals surface area contributed by atoms with Gasteiger partial charge in [0, 0.05) is 94.3 Å². The third kappa shape index (κ3) is 7.04. The lowest BCUT2D eigenvalue weighted by Crippen LogP contribution is -2.54. The van der Waals surface area contributed by atoms with Crippen LogP contribution in [-0.2, 0) is 9.59 Å². The zero-order chi connectivity index (χ0) is 39.4. The summed E-state index contributed by atoms with van der Waals surface area (Å²) in [6, 6.07) is 14.7. The highest BCUT2D eigenvalue weighted by Gasteiger charge is 2.45. The van der Waals surface area contributed by atoms with Crippen molar-refractivity contribution in [3.63, 3.8) is 0 Å². The molecule has 1 N–H and O–H groups in total. The number of hydrogen-bond donors (Lipinski definition) is 1. The van der Waals surface area contributed by atoms with E-state index in [0.29, 0.717) is 27.9 Å². The molecule has 5 fully saturated rings. The zero-order valence-electron chi connectivity index (χ0n) is 31.8. The summed E-state index contributed by atoms with van der Waals surface area (Å²) in [5.41, 5.74) is 3.25. The Bertz CT molecular complexity index is 2180. The number of carbonyl (C=O) groups excluding carboxylic acids is 5. The van der Waals surface area contributed by atoms with Crippen LogP contribution in [0.25, 0.3) is 4.85 Å². The van der Waals surface area contributed by atoms with E-state index in [2.05, 4.69) is 35.8 Å². The van der Waals surface area contributed by atoms with Gasteiger partial charge in [-0.1, -0.05) is 17.7 Å². The molecule has 1 unspecified atom stereocenters. The maximum Gasteiger partial charge on any atom is 0.263 e. The number of likely N-dealkylation sites (tertiary alicyclic amines) is 1. The highest BCUT2D eigenvalue weighted by molar-refractivity contribution is 7.18. The van der Waals surface area contributed by atoms with Gasteiger partial charge >= 0.3 is 0 Å². The Labute approximate surface area is 340 Å². The van der Waals surface area contributed by atoms with Gasteiger partial charge in [-0.05, 0) is 86.4 Å². The molecule has 296 valence electrons. The molecule has 1 atom stereocenters. The highest BCUT2D eigenvalue weighted by atomic mass is 35.5. The molecule has 0 bridgehead atoms. The molecule has 0 saturated carbocycles. The van der Waals surface area contributed by atoms with Crippen LogP contribution in [0.5, 0.6) is 0 Å². The van der Waals surface area contributed by atoms with Crippen LogP contribution < -0.4 is 20.0 Å². The molecule has 1 aromatic heterocycles. The molecule has 5 saturated heterocycles. The van der Waals surface area contributed by atoms with Crippen molar-refractivity contribution in [2.45, 2.75) is 57.0 Å². The molecule has 3 aromatic rings. The van der Waals surface area contributed by atoms with E-state index in [9.17, 15) is 24.0 Å². The summed E-state index contributed by atoms with van der Waals surface area (Å²) in [6.07, 6.45) is 5.29. The van der Waals surface area contributed by atoms with E-state index in [-0.39, 0.29) is 30.1 Å². The van der Waals surface area contributed by atoms with Gasteiger partial charge in [-0.25, -0.2) is 4.85 Å². The number of anilines is 3. The summed E-state index contributed by atoms with van der Waals surface area (Å²) < 4.78 is 0. The van der Waals surface area contributed by atoms with Crippen LogP contribution in [0.2, 0.25) is 5.02 Å². The second kappa shape index (κ2) is 15.1. The third-order valence-corrected chi connectivity index (χ3v) is 14.6. The molecule has 1 spiro atoms. The molecule has 5 amide bonds. The van der Waals surface area contributed by atoms with E-state index < -0.39 is 23.8 Å². The van der Waals surface area contributed by atoms with Crippen LogP contribution in [0.4, 0.5) is 22.1 Å². The average molecular weight is 809 g/mol. The Kier molecular flexibility index (Phi) is 9.95. The largest absolute Gasteiger partial charge is 0.371 e. The summed E-state index contributed by atoms with van der Waals surface area (Å²) >= 11 is 7.94. The van der Waals surface area contributed by atoms with Gasteiger partial charge in [0.1, 0.15) is 6.04 Å². The number of thiophene rings is 1. The van der Waals surface area contributed by atoms with Gasteiger partial charge in [0.15, 0.2) is 0 Å². The number of rotatable bonds is 6. The summed E-state index contributed by atoms with van der Waals surface area (Å²) in [4.78, 5) is 81.2. The van der Waals surface area contributed by atoms with Crippen molar-refractivity contribution in [1.82, 2.24) is 20.0 Å². The van der Waals surface area contributed by atoms with Gasteiger partial charge in [-0.3, -0.25) is 39.1 Å². The number of amides is 5. The number of carbonyl (C=O) groups is 5. The Morgan fingerprint density at radius 2 is 1.47 bits per heavy atom.